The van der Waals surface area contributed by atoms with Crippen molar-refractivity contribution in [2.24, 2.45) is 0 Å². The molecule has 0 bridgehead atoms. The second kappa shape index (κ2) is 6.95. The number of halogens is 3. The van der Waals surface area contributed by atoms with Gasteiger partial charge in [-0.1, -0.05) is 39.2 Å². The molecule has 0 aromatic heterocycles. The molecule has 0 unspecified atom stereocenters. The monoisotopic (exact) mass is 384 g/mol. The maximum absolute atomic E-state index is 15.0. The average molecular weight is 385 g/mol. The van der Waals surface area contributed by atoms with Crippen molar-refractivity contribution in [3.8, 4) is 0 Å². The third-order valence-corrected chi connectivity index (χ3v) is 4.61. The first-order valence-corrected chi connectivity index (χ1v) is 8.25. The molecule has 0 amide bonds. The predicted molar refractivity (Wildman–Crippen MR) is 89.3 cm³/mol. The van der Waals surface area contributed by atoms with Gasteiger partial charge < -0.3 is 4.74 Å². The van der Waals surface area contributed by atoms with E-state index in [1.807, 2.05) is 13.8 Å². The molecule has 2 nitrogen and oxygen atoms in total. The summed E-state index contributed by atoms with van der Waals surface area (Å²) in [4.78, 5) is 12.1. The number of alkyl halides is 2. The second-order valence-corrected chi connectivity index (χ2v) is 6.59. The molecule has 124 valence electrons. The Kier molecular flexibility index (Phi) is 5.40. The summed E-state index contributed by atoms with van der Waals surface area (Å²) in [6.07, 6.45) is 0.301. The van der Waals surface area contributed by atoms with Crippen LogP contribution in [0.5, 0.6) is 0 Å². The van der Waals surface area contributed by atoms with Gasteiger partial charge in [0.2, 0.25) is 0 Å². The maximum atomic E-state index is 15.0. The van der Waals surface area contributed by atoms with Crippen LogP contribution >= 0.6 is 15.9 Å². The Balaban J connectivity index is 2.51. The van der Waals surface area contributed by atoms with E-state index in [-0.39, 0.29) is 36.2 Å². The highest BCUT2D eigenvalue weighted by atomic mass is 79.9. The molecule has 0 atom stereocenters. The maximum Gasteiger partial charge on any atom is 0.334 e. The van der Waals surface area contributed by atoms with Gasteiger partial charge in [-0.3, -0.25) is 0 Å². The van der Waals surface area contributed by atoms with E-state index in [2.05, 4.69) is 15.9 Å². The van der Waals surface area contributed by atoms with E-state index in [0.717, 1.165) is 15.6 Å². The fourth-order valence-corrected chi connectivity index (χ4v) is 2.86. The first-order valence-electron chi connectivity index (χ1n) is 7.46. The van der Waals surface area contributed by atoms with Gasteiger partial charge in [0.25, 0.3) is 5.92 Å². The lowest BCUT2D eigenvalue weighted by atomic mass is 9.82. The molecule has 0 saturated carbocycles. The molecule has 0 fully saturated rings. The van der Waals surface area contributed by atoms with E-state index in [0.29, 0.717) is 0 Å². The van der Waals surface area contributed by atoms with E-state index in [1.165, 1.54) is 12.1 Å². The Morgan fingerprint density at radius 3 is 2.30 bits per heavy atom. The molecule has 0 N–H and O–H groups in total. The zero-order valence-corrected chi connectivity index (χ0v) is 15.0. The first-order chi connectivity index (χ1) is 10.8. The molecule has 0 saturated heterocycles. The number of esters is 1. The summed E-state index contributed by atoms with van der Waals surface area (Å²) in [5, 5.41) is 0. The summed E-state index contributed by atoms with van der Waals surface area (Å²) in [6, 6.07) is 5.90. The number of hydrogen-bond donors (Lipinski definition) is 0. The lowest BCUT2D eigenvalue weighted by molar-refractivity contribution is -0.139. The van der Waals surface area contributed by atoms with E-state index >= 15 is 8.78 Å². The number of rotatable bonds is 4. The Morgan fingerprint density at radius 1 is 1.17 bits per heavy atom. The third-order valence-electron chi connectivity index (χ3n) is 4.08. The minimum atomic E-state index is -3.20. The average Bonchev–Trinajstić information content (AvgIpc) is 2.50. The van der Waals surface area contributed by atoms with Gasteiger partial charge in [-0.05, 0) is 39.3 Å². The second-order valence-electron chi connectivity index (χ2n) is 5.67. The van der Waals surface area contributed by atoms with Gasteiger partial charge in [0.1, 0.15) is 0 Å². The number of hydrogen-bond acceptors (Lipinski definition) is 2. The summed E-state index contributed by atoms with van der Waals surface area (Å²) < 4.78 is 35.8. The Morgan fingerprint density at radius 2 is 1.74 bits per heavy atom. The van der Waals surface area contributed by atoms with Crippen molar-refractivity contribution in [1.29, 1.82) is 0 Å². The number of ether oxygens (including phenoxy) is 1. The van der Waals surface area contributed by atoms with Crippen molar-refractivity contribution in [3.63, 3.8) is 0 Å². The molecule has 1 aliphatic carbocycles. The molecule has 23 heavy (non-hydrogen) atoms. The van der Waals surface area contributed by atoms with E-state index in [1.54, 1.807) is 19.1 Å². The molecule has 2 rings (SSSR count). The molecular weight excluding hydrogens is 366 g/mol. The van der Waals surface area contributed by atoms with Gasteiger partial charge in [-0.15, -0.1) is 0 Å². The molecule has 0 spiro atoms. The Hall–Kier alpha value is -1.49. The quantitative estimate of drug-likeness (QED) is 0.503. The van der Waals surface area contributed by atoms with Gasteiger partial charge in [-0.2, -0.15) is 8.78 Å². The third kappa shape index (κ3) is 3.71. The molecule has 0 radical (unpaired) electrons. The molecule has 0 heterocycles. The summed E-state index contributed by atoms with van der Waals surface area (Å²) >= 11 is 3.24. The van der Waals surface area contributed by atoms with Crippen LogP contribution in [0.3, 0.4) is 0 Å². The van der Waals surface area contributed by atoms with Crippen molar-refractivity contribution in [1.82, 2.24) is 0 Å². The van der Waals surface area contributed by atoms with Crippen LogP contribution in [0.1, 0.15) is 39.2 Å². The van der Waals surface area contributed by atoms with Crippen molar-refractivity contribution in [2.45, 2.75) is 39.5 Å². The predicted octanol–water partition coefficient (Wildman–Crippen LogP) is 5.53. The van der Waals surface area contributed by atoms with Crippen LogP contribution < -0.4 is 0 Å². The van der Waals surface area contributed by atoms with Crippen molar-refractivity contribution in [2.75, 3.05) is 6.61 Å². The van der Waals surface area contributed by atoms with Crippen LogP contribution in [0.2, 0.25) is 0 Å². The topological polar surface area (TPSA) is 26.3 Å². The van der Waals surface area contributed by atoms with Crippen LogP contribution in [0.15, 0.2) is 51.0 Å². The lowest BCUT2D eigenvalue weighted by Gasteiger charge is -2.28. The summed E-state index contributed by atoms with van der Waals surface area (Å²) in [6.45, 7) is 5.53. The van der Waals surface area contributed by atoms with Gasteiger partial charge >= 0.3 is 5.97 Å². The highest BCUT2D eigenvalue weighted by molar-refractivity contribution is 9.10. The van der Waals surface area contributed by atoms with Gasteiger partial charge in [0.15, 0.2) is 0 Å². The summed E-state index contributed by atoms with van der Waals surface area (Å²) in [5.74, 6) is -3.85. The largest absolute Gasteiger partial charge is 0.463 e. The minimum Gasteiger partial charge on any atom is -0.463 e. The number of benzene rings is 1. The first kappa shape index (κ1) is 17.9. The Bertz CT molecular complexity index is 673. The van der Waals surface area contributed by atoms with Crippen molar-refractivity contribution >= 4 is 21.9 Å². The van der Waals surface area contributed by atoms with Gasteiger partial charge in [0, 0.05) is 27.6 Å². The zero-order chi connectivity index (χ0) is 17.2. The van der Waals surface area contributed by atoms with Crippen molar-refractivity contribution < 1.29 is 18.3 Å². The van der Waals surface area contributed by atoms with E-state index in [9.17, 15) is 4.79 Å². The van der Waals surface area contributed by atoms with E-state index < -0.39 is 11.9 Å². The van der Waals surface area contributed by atoms with Crippen LogP contribution in [-0.2, 0) is 15.5 Å². The summed E-state index contributed by atoms with van der Waals surface area (Å²) in [5.41, 5.74) is 1.64. The molecule has 1 aromatic rings. The number of allylic oxidation sites excluding steroid dienone is 3. The van der Waals surface area contributed by atoms with Crippen LogP contribution in [0, 0.1) is 0 Å². The number of carbonyl (C=O) groups excluding carboxylic acids is 1. The highest BCUT2D eigenvalue weighted by Crippen LogP contribution is 2.45. The smallest absolute Gasteiger partial charge is 0.334 e. The molecule has 1 aromatic carbocycles. The fourth-order valence-electron chi connectivity index (χ4n) is 2.59. The number of carbonyl (C=O) groups is 1. The van der Waals surface area contributed by atoms with E-state index in [4.69, 9.17) is 4.74 Å². The molecule has 5 heteroatoms. The zero-order valence-electron chi connectivity index (χ0n) is 13.4. The Labute approximate surface area is 143 Å². The molecular formula is C18H19BrF2O2. The standard InChI is InChI=1S/C18H19BrF2O2/c1-4-23-17(22)15-9-11(2)12(3)10-16(15)18(20,21)13-5-7-14(19)8-6-13/h5-8H,4,9-10H2,1-3H3. The normalized spacial score (nSPS) is 15.9. The van der Waals surface area contributed by atoms with Gasteiger partial charge in [-0.25, -0.2) is 4.79 Å². The van der Waals surface area contributed by atoms with Crippen LogP contribution in [0.4, 0.5) is 8.78 Å². The highest BCUT2D eigenvalue weighted by Gasteiger charge is 2.41. The van der Waals surface area contributed by atoms with Crippen molar-refractivity contribution in [3.05, 3.63) is 56.6 Å². The SMILES string of the molecule is CCOC(=O)C1=C(C(F)(F)c2ccc(Br)cc2)CC(C)=C(C)C1. The van der Waals surface area contributed by atoms with Crippen LogP contribution in [0.25, 0.3) is 0 Å². The molecule has 1 aliphatic rings. The van der Waals surface area contributed by atoms with Crippen LogP contribution in [-0.4, -0.2) is 12.6 Å². The fraction of sp³-hybridized carbons (Fsp3) is 0.389. The molecule has 0 aliphatic heterocycles. The van der Waals surface area contributed by atoms with Gasteiger partial charge in [0.05, 0.1) is 6.61 Å². The lowest BCUT2D eigenvalue weighted by Crippen LogP contribution is -2.25. The minimum absolute atomic E-state index is 0.0860. The summed E-state index contributed by atoms with van der Waals surface area (Å²) in [7, 11) is 0.